The molecule has 0 spiro atoms. The van der Waals surface area contributed by atoms with Crippen molar-refractivity contribution in [3.05, 3.63) is 65.3 Å². The molecule has 0 bridgehead atoms. The summed E-state index contributed by atoms with van der Waals surface area (Å²) in [4.78, 5) is 13.4. The second-order valence-corrected chi connectivity index (χ2v) is 8.36. The molecule has 7 heteroatoms. The van der Waals surface area contributed by atoms with Crippen LogP contribution in [0.1, 0.15) is 11.1 Å². The average molecular weight is 593 g/mol. The van der Waals surface area contributed by atoms with Gasteiger partial charge in [0, 0.05) is 19.1 Å². The van der Waals surface area contributed by atoms with E-state index in [0.29, 0.717) is 11.6 Å². The number of carbonyl (C=O) groups is 1. The van der Waals surface area contributed by atoms with Crippen molar-refractivity contribution in [2.75, 3.05) is 14.1 Å². The predicted octanol–water partition coefficient (Wildman–Crippen LogP) is 5.12. The van der Waals surface area contributed by atoms with Crippen LogP contribution in [0.4, 0.5) is 0 Å². The topological polar surface area (TPSA) is 53.3 Å². The molecular formula is C19H15ClI2N2O2. The number of rotatable bonds is 5. The molecule has 0 N–H and O–H groups in total. The fraction of sp³-hybridized carbons (Fsp3) is 0.158. The third-order valence-electron chi connectivity index (χ3n) is 3.39. The molecule has 2 aromatic carbocycles. The summed E-state index contributed by atoms with van der Waals surface area (Å²) in [6.07, 6.45) is 1.59. The number of hydrogen-bond acceptors (Lipinski definition) is 3. The zero-order valence-electron chi connectivity index (χ0n) is 14.1. The highest BCUT2D eigenvalue weighted by Crippen LogP contribution is 2.30. The van der Waals surface area contributed by atoms with E-state index in [1.807, 2.05) is 42.5 Å². The molecule has 0 aliphatic heterocycles. The van der Waals surface area contributed by atoms with Crippen molar-refractivity contribution in [2.24, 2.45) is 0 Å². The molecule has 0 radical (unpaired) electrons. The minimum atomic E-state index is -0.319. The molecule has 0 fully saturated rings. The fourth-order valence-corrected chi connectivity index (χ4v) is 4.34. The minimum absolute atomic E-state index is 0.0939. The van der Waals surface area contributed by atoms with E-state index in [2.05, 4.69) is 45.2 Å². The Kier molecular flexibility index (Phi) is 7.73. The molecule has 0 atom stereocenters. The van der Waals surface area contributed by atoms with Crippen molar-refractivity contribution >= 4 is 68.8 Å². The third kappa shape index (κ3) is 5.59. The fourth-order valence-electron chi connectivity index (χ4n) is 2.09. The Morgan fingerprint density at radius 1 is 1.23 bits per heavy atom. The van der Waals surface area contributed by atoms with Gasteiger partial charge in [-0.2, -0.15) is 5.26 Å². The Bertz CT molecular complexity index is 864. The predicted molar refractivity (Wildman–Crippen MR) is 120 cm³/mol. The lowest BCUT2D eigenvalue weighted by molar-refractivity contribution is -0.124. The summed E-state index contributed by atoms with van der Waals surface area (Å²) in [7, 11) is 3.24. The molecule has 0 saturated heterocycles. The second kappa shape index (κ2) is 9.58. The van der Waals surface area contributed by atoms with E-state index < -0.39 is 0 Å². The van der Waals surface area contributed by atoms with Crippen molar-refractivity contribution in [2.45, 2.75) is 6.61 Å². The number of nitrogens with zero attached hydrogens (tertiary/aromatic N) is 2. The molecule has 0 saturated carbocycles. The number of hydrogen-bond donors (Lipinski definition) is 0. The van der Waals surface area contributed by atoms with Crippen LogP contribution in [0.5, 0.6) is 5.75 Å². The summed E-state index contributed by atoms with van der Waals surface area (Å²) < 4.78 is 7.76. The van der Waals surface area contributed by atoms with Crippen molar-refractivity contribution < 1.29 is 9.53 Å². The monoisotopic (exact) mass is 592 g/mol. The maximum absolute atomic E-state index is 12.0. The molecule has 0 aliphatic rings. The van der Waals surface area contributed by atoms with Gasteiger partial charge in [0.25, 0.3) is 5.91 Å². The van der Waals surface area contributed by atoms with Crippen LogP contribution in [-0.4, -0.2) is 24.9 Å². The van der Waals surface area contributed by atoms with Gasteiger partial charge in [0.15, 0.2) is 0 Å². The molecule has 1 amide bonds. The van der Waals surface area contributed by atoms with E-state index in [1.165, 1.54) is 4.90 Å². The Morgan fingerprint density at radius 3 is 2.31 bits per heavy atom. The first kappa shape index (κ1) is 21.0. The van der Waals surface area contributed by atoms with Gasteiger partial charge < -0.3 is 9.64 Å². The van der Waals surface area contributed by atoms with Gasteiger partial charge in [-0.25, -0.2) is 0 Å². The van der Waals surface area contributed by atoms with E-state index in [-0.39, 0.29) is 11.5 Å². The van der Waals surface area contributed by atoms with Gasteiger partial charge in [-0.3, -0.25) is 4.79 Å². The van der Waals surface area contributed by atoms with Gasteiger partial charge in [-0.1, -0.05) is 23.7 Å². The summed E-state index contributed by atoms with van der Waals surface area (Å²) in [5.74, 6) is 0.455. The Morgan fingerprint density at radius 2 is 1.81 bits per heavy atom. The van der Waals surface area contributed by atoms with Crippen LogP contribution in [0.2, 0.25) is 5.02 Å². The molecule has 0 aliphatic carbocycles. The Labute approximate surface area is 185 Å². The molecule has 2 rings (SSSR count). The Balaban J connectivity index is 2.23. The van der Waals surface area contributed by atoms with Crippen LogP contribution in [0.3, 0.4) is 0 Å². The quantitative estimate of drug-likeness (QED) is 0.275. The zero-order chi connectivity index (χ0) is 19.3. The van der Waals surface area contributed by atoms with Gasteiger partial charge in [-0.05, 0) is 86.7 Å². The van der Waals surface area contributed by atoms with Crippen LogP contribution in [0.25, 0.3) is 6.08 Å². The van der Waals surface area contributed by atoms with E-state index in [9.17, 15) is 10.1 Å². The standard InChI is InChI=1S/C19H15ClI2N2O2/c1-24(2)19(25)14(10-23)7-13-8-16(21)18(17(22)9-13)26-11-12-3-5-15(20)6-4-12/h3-9H,11H2,1-2H3/b14-7-. The lowest BCUT2D eigenvalue weighted by atomic mass is 10.1. The largest absolute Gasteiger partial charge is 0.487 e. The number of amides is 1. The molecule has 4 nitrogen and oxygen atoms in total. The average Bonchev–Trinajstić information content (AvgIpc) is 2.59. The lowest BCUT2D eigenvalue weighted by Crippen LogP contribution is -2.22. The summed E-state index contributed by atoms with van der Waals surface area (Å²) >= 11 is 10.3. The normalized spacial score (nSPS) is 11.0. The Hall–Kier alpha value is -1.31. The van der Waals surface area contributed by atoms with Crippen molar-refractivity contribution in [3.63, 3.8) is 0 Å². The van der Waals surface area contributed by atoms with E-state index >= 15 is 0 Å². The van der Waals surface area contributed by atoms with Crippen LogP contribution in [0.15, 0.2) is 42.0 Å². The summed E-state index contributed by atoms with van der Waals surface area (Å²) in [5.41, 5.74) is 1.90. The SMILES string of the molecule is CN(C)C(=O)/C(C#N)=C\c1cc(I)c(OCc2ccc(Cl)cc2)c(I)c1. The highest BCUT2D eigenvalue weighted by atomic mass is 127. The number of carbonyl (C=O) groups excluding carboxylic acids is 1. The third-order valence-corrected chi connectivity index (χ3v) is 5.24. The van der Waals surface area contributed by atoms with Gasteiger partial charge in [0.05, 0.1) is 7.14 Å². The number of nitriles is 1. The molecular weight excluding hydrogens is 577 g/mol. The zero-order valence-corrected chi connectivity index (χ0v) is 19.2. The van der Waals surface area contributed by atoms with Gasteiger partial charge in [0.2, 0.25) is 0 Å². The maximum atomic E-state index is 12.0. The molecule has 0 heterocycles. The van der Waals surface area contributed by atoms with Crippen molar-refractivity contribution in [1.29, 1.82) is 5.26 Å². The van der Waals surface area contributed by atoms with Crippen LogP contribution >= 0.6 is 56.8 Å². The smallest absolute Gasteiger partial charge is 0.264 e. The van der Waals surface area contributed by atoms with Crippen LogP contribution in [-0.2, 0) is 11.4 Å². The number of ether oxygens (including phenoxy) is 1. The van der Waals surface area contributed by atoms with Crippen molar-refractivity contribution in [1.82, 2.24) is 4.90 Å². The van der Waals surface area contributed by atoms with Gasteiger partial charge >= 0.3 is 0 Å². The molecule has 0 unspecified atom stereocenters. The summed E-state index contributed by atoms with van der Waals surface area (Å²) in [5, 5.41) is 9.92. The molecule has 2 aromatic rings. The van der Waals surface area contributed by atoms with E-state index in [0.717, 1.165) is 24.0 Å². The highest BCUT2D eigenvalue weighted by Gasteiger charge is 2.13. The van der Waals surface area contributed by atoms with Crippen molar-refractivity contribution in [3.8, 4) is 11.8 Å². The molecule has 0 aromatic heterocycles. The lowest BCUT2D eigenvalue weighted by Gasteiger charge is -2.12. The second-order valence-electron chi connectivity index (χ2n) is 5.60. The van der Waals surface area contributed by atoms with E-state index in [4.69, 9.17) is 16.3 Å². The van der Waals surface area contributed by atoms with Gasteiger partial charge in [0.1, 0.15) is 24.0 Å². The van der Waals surface area contributed by atoms with E-state index in [1.54, 1.807) is 20.2 Å². The van der Waals surface area contributed by atoms with Crippen LogP contribution in [0, 0.1) is 18.5 Å². The number of likely N-dealkylation sites (N-methyl/N-ethyl adjacent to an activating group) is 1. The van der Waals surface area contributed by atoms with Gasteiger partial charge in [-0.15, -0.1) is 0 Å². The summed E-state index contributed by atoms with van der Waals surface area (Å²) in [6, 6.07) is 13.2. The first-order valence-corrected chi connectivity index (χ1v) is 10.0. The maximum Gasteiger partial charge on any atom is 0.264 e. The molecule has 134 valence electrons. The first-order valence-electron chi connectivity index (χ1n) is 7.51. The molecule has 26 heavy (non-hydrogen) atoms. The minimum Gasteiger partial charge on any atom is -0.487 e. The number of benzene rings is 2. The number of halogens is 3. The first-order chi connectivity index (χ1) is 12.3. The summed E-state index contributed by atoms with van der Waals surface area (Å²) in [6.45, 7) is 0.431. The highest BCUT2D eigenvalue weighted by molar-refractivity contribution is 14.1. The van der Waals surface area contributed by atoms with Crippen LogP contribution < -0.4 is 4.74 Å².